The minimum Gasteiger partial charge on any atom is -0.383 e. The van der Waals surface area contributed by atoms with Gasteiger partial charge >= 0.3 is 0 Å². The lowest BCUT2D eigenvalue weighted by Gasteiger charge is -2.10. The molecular formula is C22H19ClN6O. The number of anilines is 2. The third kappa shape index (κ3) is 3.37. The molecule has 30 heavy (non-hydrogen) atoms. The number of nitrogens with zero attached hydrogens (tertiary/aromatic N) is 4. The molecule has 1 fully saturated rings. The number of aromatic nitrogens is 4. The van der Waals surface area contributed by atoms with Crippen LogP contribution in [-0.4, -0.2) is 25.7 Å². The van der Waals surface area contributed by atoms with Crippen LogP contribution in [0.3, 0.4) is 0 Å². The van der Waals surface area contributed by atoms with Crippen molar-refractivity contribution in [2.75, 3.05) is 11.1 Å². The van der Waals surface area contributed by atoms with E-state index in [9.17, 15) is 4.79 Å². The Labute approximate surface area is 177 Å². The highest BCUT2D eigenvalue weighted by Gasteiger charge is 2.44. The number of aryl methyl sites for hydroxylation is 1. The molecule has 0 bridgehead atoms. The Kier molecular flexibility index (Phi) is 4.40. The summed E-state index contributed by atoms with van der Waals surface area (Å²) in [6, 6.07) is 11.2. The molecule has 2 atom stereocenters. The fraction of sp³-hybridized carbons (Fsp3) is 0.182. The van der Waals surface area contributed by atoms with Gasteiger partial charge in [0.1, 0.15) is 11.6 Å². The number of pyridine rings is 2. The molecule has 3 aromatic heterocycles. The predicted octanol–water partition coefficient (Wildman–Crippen LogP) is 4.01. The van der Waals surface area contributed by atoms with Crippen molar-refractivity contribution in [2.24, 2.45) is 13.0 Å². The van der Waals surface area contributed by atoms with Crippen molar-refractivity contribution < 1.29 is 4.79 Å². The number of halogens is 1. The topological polar surface area (TPSA) is 98.7 Å². The molecule has 1 aliphatic carbocycles. The van der Waals surface area contributed by atoms with Crippen molar-refractivity contribution >= 4 is 39.9 Å². The number of hydrogen-bond donors (Lipinski definition) is 2. The molecule has 7 nitrogen and oxygen atoms in total. The van der Waals surface area contributed by atoms with Crippen molar-refractivity contribution in [3.63, 3.8) is 0 Å². The third-order valence-electron chi connectivity index (χ3n) is 5.43. The van der Waals surface area contributed by atoms with Crippen LogP contribution in [0.5, 0.6) is 0 Å². The number of hydrogen-bond acceptors (Lipinski definition) is 5. The van der Waals surface area contributed by atoms with Crippen LogP contribution >= 0.6 is 11.6 Å². The van der Waals surface area contributed by atoms with Gasteiger partial charge in [0.15, 0.2) is 0 Å². The normalized spacial score (nSPS) is 17.8. The van der Waals surface area contributed by atoms with Gasteiger partial charge in [-0.2, -0.15) is 5.10 Å². The van der Waals surface area contributed by atoms with Crippen LogP contribution in [0.2, 0.25) is 5.02 Å². The fourth-order valence-electron chi connectivity index (χ4n) is 3.75. The molecule has 0 aliphatic heterocycles. The summed E-state index contributed by atoms with van der Waals surface area (Å²) >= 11 is 6.31. The number of carbonyl (C=O) groups is 1. The van der Waals surface area contributed by atoms with Gasteiger partial charge in [0, 0.05) is 41.3 Å². The minimum absolute atomic E-state index is 0.0379. The fourth-order valence-corrected chi connectivity index (χ4v) is 3.99. The van der Waals surface area contributed by atoms with Crippen molar-refractivity contribution in [1.82, 2.24) is 19.7 Å². The predicted molar refractivity (Wildman–Crippen MR) is 117 cm³/mol. The highest BCUT2D eigenvalue weighted by Crippen LogP contribution is 2.47. The first-order chi connectivity index (χ1) is 14.5. The second-order valence-electron chi connectivity index (χ2n) is 7.55. The van der Waals surface area contributed by atoms with Gasteiger partial charge in [-0.15, -0.1) is 0 Å². The van der Waals surface area contributed by atoms with Crippen LogP contribution in [-0.2, 0) is 11.8 Å². The van der Waals surface area contributed by atoms with Crippen LogP contribution in [0, 0.1) is 5.92 Å². The second kappa shape index (κ2) is 7.11. The number of nitrogens with two attached hydrogens (primary N) is 1. The quantitative estimate of drug-likeness (QED) is 0.521. The maximum atomic E-state index is 12.7. The van der Waals surface area contributed by atoms with Gasteiger partial charge in [-0.1, -0.05) is 29.8 Å². The Hall–Kier alpha value is -3.45. The van der Waals surface area contributed by atoms with Gasteiger partial charge in [-0.05, 0) is 41.5 Å². The first kappa shape index (κ1) is 18.6. The van der Waals surface area contributed by atoms with Gasteiger partial charge in [-0.3, -0.25) is 9.48 Å². The van der Waals surface area contributed by atoms with E-state index < -0.39 is 0 Å². The van der Waals surface area contributed by atoms with Crippen LogP contribution in [0.1, 0.15) is 17.9 Å². The first-order valence-electron chi connectivity index (χ1n) is 9.60. The summed E-state index contributed by atoms with van der Waals surface area (Å²) in [5, 5.41) is 9.27. The molecule has 3 N–H and O–H groups in total. The van der Waals surface area contributed by atoms with E-state index in [2.05, 4.69) is 20.4 Å². The van der Waals surface area contributed by atoms with Gasteiger partial charge in [-0.25, -0.2) is 9.97 Å². The lowest BCUT2D eigenvalue weighted by atomic mass is 10.1. The van der Waals surface area contributed by atoms with Crippen molar-refractivity contribution in [3.8, 4) is 11.3 Å². The first-order valence-corrected chi connectivity index (χ1v) is 9.98. The molecule has 1 aromatic carbocycles. The third-order valence-corrected chi connectivity index (χ3v) is 5.76. The largest absolute Gasteiger partial charge is 0.383 e. The second-order valence-corrected chi connectivity index (χ2v) is 7.96. The molecule has 0 spiro atoms. The van der Waals surface area contributed by atoms with E-state index in [1.807, 2.05) is 55.8 Å². The van der Waals surface area contributed by atoms with Gasteiger partial charge in [0.25, 0.3) is 0 Å². The Balaban J connectivity index is 1.40. The SMILES string of the molecule is Cn1cc([C@@H]2C[C@H]2C(=O)Nc2cc3cc(-c4ccccc4Cl)nc(N)c3cn2)cn1. The number of rotatable bonds is 4. The lowest BCUT2D eigenvalue weighted by Crippen LogP contribution is -2.15. The average molecular weight is 419 g/mol. The van der Waals surface area contributed by atoms with Gasteiger partial charge in [0.05, 0.1) is 11.9 Å². The number of nitrogen functional groups attached to an aromatic ring is 1. The molecule has 4 aromatic rings. The summed E-state index contributed by atoms with van der Waals surface area (Å²) in [4.78, 5) is 21.5. The molecular weight excluding hydrogens is 400 g/mol. The Morgan fingerprint density at radius 2 is 2.10 bits per heavy atom. The van der Waals surface area contributed by atoms with Gasteiger partial charge in [0.2, 0.25) is 5.91 Å². The summed E-state index contributed by atoms with van der Waals surface area (Å²) in [6.07, 6.45) is 6.23. The molecule has 0 radical (unpaired) electrons. The zero-order valence-electron chi connectivity index (χ0n) is 16.2. The molecule has 1 saturated carbocycles. The zero-order chi connectivity index (χ0) is 20.8. The molecule has 150 valence electrons. The summed E-state index contributed by atoms with van der Waals surface area (Å²) in [5.74, 6) is 0.967. The number of fused-ring (bicyclic) bond motifs is 1. The smallest absolute Gasteiger partial charge is 0.229 e. The molecule has 5 rings (SSSR count). The van der Waals surface area contributed by atoms with E-state index in [-0.39, 0.29) is 17.7 Å². The standard InChI is InChI=1S/C22H19ClN6O/c1-29-11-13(9-26-29)15-8-16(15)22(30)28-20-7-12-6-19(14-4-2-3-5-18(14)23)27-21(24)17(12)10-25-20/h2-7,9-11,15-16H,8H2,1H3,(H2,24,27)(H,25,28,30)/t15-,16+/m0/s1. The summed E-state index contributed by atoms with van der Waals surface area (Å²) in [7, 11) is 1.87. The van der Waals surface area contributed by atoms with E-state index >= 15 is 0 Å². The maximum Gasteiger partial charge on any atom is 0.229 e. The van der Waals surface area contributed by atoms with Crippen molar-refractivity contribution in [3.05, 3.63) is 65.6 Å². The Bertz CT molecular complexity index is 1280. The molecule has 8 heteroatoms. The minimum atomic E-state index is -0.0621. The highest BCUT2D eigenvalue weighted by molar-refractivity contribution is 6.33. The Morgan fingerprint density at radius 1 is 1.27 bits per heavy atom. The van der Waals surface area contributed by atoms with Crippen LogP contribution in [0.4, 0.5) is 11.6 Å². The summed E-state index contributed by atoms with van der Waals surface area (Å²) < 4.78 is 1.75. The summed E-state index contributed by atoms with van der Waals surface area (Å²) in [6.45, 7) is 0. The lowest BCUT2D eigenvalue weighted by molar-refractivity contribution is -0.117. The van der Waals surface area contributed by atoms with Crippen LogP contribution < -0.4 is 11.1 Å². The molecule has 0 saturated heterocycles. The average Bonchev–Trinajstić information content (AvgIpc) is 3.42. The number of carbonyl (C=O) groups excluding carboxylic acids is 1. The monoisotopic (exact) mass is 418 g/mol. The maximum absolute atomic E-state index is 12.7. The summed E-state index contributed by atoms with van der Waals surface area (Å²) in [5.41, 5.74) is 8.71. The van der Waals surface area contributed by atoms with Crippen molar-refractivity contribution in [1.29, 1.82) is 0 Å². The van der Waals surface area contributed by atoms with Crippen molar-refractivity contribution in [2.45, 2.75) is 12.3 Å². The number of nitrogens with one attached hydrogen (secondary N) is 1. The molecule has 0 unspecified atom stereocenters. The molecule has 1 aliphatic rings. The van der Waals surface area contributed by atoms with E-state index in [0.29, 0.717) is 22.4 Å². The van der Waals surface area contributed by atoms with Crippen LogP contribution in [0.15, 0.2) is 55.0 Å². The van der Waals surface area contributed by atoms with E-state index in [4.69, 9.17) is 17.3 Å². The van der Waals surface area contributed by atoms with Gasteiger partial charge < -0.3 is 11.1 Å². The Morgan fingerprint density at radius 3 is 2.87 bits per heavy atom. The van der Waals surface area contributed by atoms with E-state index in [1.165, 1.54) is 0 Å². The van der Waals surface area contributed by atoms with E-state index in [1.54, 1.807) is 10.9 Å². The molecule has 1 amide bonds. The zero-order valence-corrected chi connectivity index (χ0v) is 17.0. The van der Waals surface area contributed by atoms with Crippen LogP contribution in [0.25, 0.3) is 22.0 Å². The number of amides is 1. The van der Waals surface area contributed by atoms with E-state index in [0.717, 1.165) is 28.3 Å². The number of benzene rings is 1. The molecule has 3 heterocycles. The highest BCUT2D eigenvalue weighted by atomic mass is 35.5.